The van der Waals surface area contributed by atoms with Crippen LogP contribution in [-0.4, -0.2) is 24.4 Å². The molecule has 1 N–H and O–H groups in total. The number of nitrogens with zero attached hydrogens (tertiary/aromatic N) is 1. The maximum Gasteiger partial charge on any atom is 0.240 e. The zero-order chi connectivity index (χ0) is 16.9. The smallest absolute Gasteiger partial charge is 0.240 e. The number of carbonyl (C=O) groups is 2. The molecule has 0 aliphatic heterocycles. The van der Waals surface area contributed by atoms with Gasteiger partial charge < -0.3 is 10.2 Å². The van der Waals surface area contributed by atoms with Gasteiger partial charge in [-0.25, -0.2) is 0 Å². The topological polar surface area (TPSA) is 49.4 Å². The van der Waals surface area contributed by atoms with Gasteiger partial charge in [-0.3, -0.25) is 9.59 Å². The average molecular weight is 304 g/mol. The van der Waals surface area contributed by atoms with Crippen molar-refractivity contribution in [1.29, 1.82) is 0 Å². The Morgan fingerprint density at radius 1 is 1.23 bits per heavy atom. The first-order chi connectivity index (χ1) is 10.2. The number of hydrogen-bond donors (Lipinski definition) is 1. The normalized spacial score (nSPS) is 12.6. The van der Waals surface area contributed by atoms with Gasteiger partial charge in [0.25, 0.3) is 0 Å². The molecule has 0 aliphatic carbocycles. The van der Waals surface area contributed by atoms with E-state index in [1.54, 1.807) is 4.90 Å². The van der Waals surface area contributed by atoms with Gasteiger partial charge in [0, 0.05) is 18.7 Å². The lowest BCUT2D eigenvalue weighted by atomic mass is 9.85. The summed E-state index contributed by atoms with van der Waals surface area (Å²) in [5.74, 6) is -0.260. The summed E-state index contributed by atoms with van der Waals surface area (Å²) in [6.45, 7) is 11.8. The van der Waals surface area contributed by atoms with Crippen LogP contribution < -0.4 is 10.2 Å². The molecule has 2 amide bonds. The maximum atomic E-state index is 12.2. The van der Waals surface area contributed by atoms with Crippen LogP contribution >= 0.6 is 0 Å². The van der Waals surface area contributed by atoms with Gasteiger partial charge in [-0.1, -0.05) is 45.9 Å². The van der Waals surface area contributed by atoms with E-state index < -0.39 is 0 Å². The van der Waals surface area contributed by atoms with Gasteiger partial charge in [-0.15, -0.1) is 0 Å². The predicted octanol–water partition coefficient (Wildman–Crippen LogP) is 3.25. The number of rotatable bonds is 5. The van der Waals surface area contributed by atoms with Crippen LogP contribution in [0.25, 0.3) is 0 Å². The van der Waals surface area contributed by atoms with Gasteiger partial charge in [0.1, 0.15) is 6.54 Å². The summed E-state index contributed by atoms with van der Waals surface area (Å²) in [6, 6.07) is 7.88. The van der Waals surface area contributed by atoms with Gasteiger partial charge in [-0.05, 0) is 30.4 Å². The standard InChI is InChI=1S/C18H28N2O2/c1-7-13(2)19-17(22)12-20(14(3)21)16-11-9-8-10-15(16)18(4,5)6/h8-11,13H,7,12H2,1-6H3,(H,19,22). The number of benzene rings is 1. The van der Waals surface area contributed by atoms with Crippen LogP contribution in [0.1, 0.15) is 53.5 Å². The summed E-state index contributed by atoms with van der Waals surface area (Å²) in [4.78, 5) is 25.8. The fourth-order valence-corrected chi connectivity index (χ4v) is 2.28. The van der Waals surface area contributed by atoms with Crippen molar-refractivity contribution >= 4 is 17.5 Å². The van der Waals surface area contributed by atoms with Gasteiger partial charge in [0.05, 0.1) is 0 Å². The molecule has 0 radical (unpaired) electrons. The molecule has 1 unspecified atom stereocenters. The highest BCUT2D eigenvalue weighted by molar-refractivity contribution is 5.98. The Hall–Kier alpha value is -1.84. The first-order valence-electron chi connectivity index (χ1n) is 7.83. The van der Waals surface area contributed by atoms with Crippen molar-refractivity contribution in [1.82, 2.24) is 5.32 Å². The van der Waals surface area contributed by atoms with E-state index >= 15 is 0 Å². The quantitative estimate of drug-likeness (QED) is 0.908. The molecule has 22 heavy (non-hydrogen) atoms. The van der Waals surface area contributed by atoms with Crippen molar-refractivity contribution in [3.05, 3.63) is 29.8 Å². The SMILES string of the molecule is CCC(C)NC(=O)CN(C(C)=O)c1ccccc1C(C)(C)C. The number of amides is 2. The van der Waals surface area contributed by atoms with E-state index in [9.17, 15) is 9.59 Å². The molecule has 1 rings (SSSR count). The molecule has 4 heteroatoms. The Morgan fingerprint density at radius 2 is 1.82 bits per heavy atom. The Morgan fingerprint density at radius 3 is 2.32 bits per heavy atom. The van der Waals surface area contributed by atoms with E-state index in [0.717, 1.165) is 17.7 Å². The Kier molecular flexibility index (Phi) is 6.15. The number of para-hydroxylation sites is 1. The number of carbonyl (C=O) groups excluding carboxylic acids is 2. The summed E-state index contributed by atoms with van der Waals surface area (Å²) in [6.07, 6.45) is 0.865. The van der Waals surface area contributed by atoms with E-state index in [-0.39, 0.29) is 29.8 Å². The van der Waals surface area contributed by atoms with Gasteiger partial charge in [-0.2, -0.15) is 0 Å². The minimum Gasteiger partial charge on any atom is -0.352 e. The Labute approximate surface area is 133 Å². The zero-order valence-corrected chi connectivity index (χ0v) is 14.6. The fourth-order valence-electron chi connectivity index (χ4n) is 2.28. The lowest BCUT2D eigenvalue weighted by molar-refractivity contribution is -0.123. The van der Waals surface area contributed by atoms with Gasteiger partial charge >= 0.3 is 0 Å². The monoisotopic (exact) mass is 304 g/mol. The highest BCUT2D eigenvalue weighted by Crippen LogP contribution is 2.31. The third-order valence-electron chi connectivity index (χ3n) is 3.70. The van der Waals surface area contributed by atoms with E-state index in [0.29, 0.717) is 0 Å². The highest BCUT2D eigenvalue weighted by Gasteiger charge is 2.24. The van der Waals surface area contributed by atoms with E-state index in [2.05, 4.69) is 26.1 Å². The average Bonchev–Trinajstić information content (AvgIpc) is 2.43. The van der Waals surface area contributed by atoms with Crippen molar-refractivity contribution in [2.45, 2.75) is 59.4 Å². The van der Waals surface area contributed by atoms with Crippen LogP contribution in [-0.2, 0) is 15.0 Å². The summed E-state index contributed by atoms with van der Waals surface area (Å²) in [5.41, 5.74) is 1.76. The van der Waals surface area contributed by atoms with Crippen LogP contribution in [0.5, 0.6) is 0 Å². The Bertz CT molecular complexity index is 532. The van der Waals surface area contributed by atoms with Crippen LogP contribution in [0.15, 0.2) is 24.3 Å². The molecule has 0 spiro atoms. The second-order valence-electron chi connectivity index (χ2n) is 6.75. The van der Waals surface area contributed by atoms with Crippen molar-refractivity contribution < 1.29 is 9.59 Å². The Balaban J connectivity index is 3.08. The van der Waals surface area contributed by atoms with E-state index in [1.165, 1.54) is 6.92 Å². The van der Waals surface area contributed by atoms with E-state index in [4.69, 9.17) is 0 Å². The van der Waals surface area contributed by atoms with Crippen LogP contribution in [0, 0.1) is 0 Å². The zero-order valence-electron chi connectivity index (χ0n) is 14.6. The van der Waals surface area contributed by atoms with E-state index in [1.807, 2.05) is 38.1 Å². The summed E-state index contributed by atoms with van der Waals surface area (Å²) in [7, 11) is 0. The second-order valence-corrected chi connectivity index (χ2v) is 6.75. The first kappa shape index (κ1) is 18.2. The molecule has 0 fully saturated rings. The molecule has 4 nitrogen and oxygen atoms in total. The number of nitrogens with one attached hydrogen (secondary N) is 1. The van der Waals surface area contributed by atoms with Crippen LogP contribution in [0.3, 0.4) is 0 Å². The van der Waals surface area contributed by atoms with Crippen molar-refractivity contribution in [3.63, 3.8) is 0 Å². The predicted molar refractivity (Wildman–Crippen MR) is 91.1 cm³/mol. The molecule has 0 saturated heterocycles. The minimum atomic E-state index is -0.131. The summed E-state index contributed by atoms with van der Waals surface area (Å²) < 4.78 is 0. The van der Waals surface area contributed by atoms with Crippen LogP contribution in [0.2, 0.25) is 0 Å². The van der Waals surface area contributed by atoms with Gasteiger partial charge in [0.2, 0.25) is 11.8 Å². The summed E-state index contributed by atoms with van der Waals surface area (Å²) in [5, 5.41) is 2.91. The molecular weight excluding hydrogens is 276 g/mol. The van der Waals surface area contributed by atoms with Crippen molar-refractivity contribution in [3.8, 4) is 0 Å². The minimum absolute atomic E-state index is 0.0484. The van der Waals surface area contributed by atoms with Gasteiger partial charge in [0.15, 0.2) is 0 Å². The molecule has 0 heterocycles. The molecule has 122 valence electrons. The largest absolute Gasteiger partial charge is 0.352 e. The molecule has 0 aliphatic rings. The first-order valence-corrected chi connectivity index (χ1v) is 7.83. The molecule has 1 aromatic rings. The number of hydrogen-bond acceptors (Lipinski definition) is 2. The summed E-state index contributed by atoms with van der Waals surface area (Å²) >= 11 is 0. The molecule has 0 aromatic heterocycles. The lowest BCUT2D eigenvalue weighted by Gasteiger charge is -2.29. The highest BCUT2D eigenvalue weighted by atomic mass is 16.2. The molecule has 0 saturated carbocycles. The molecule has 0 bridgehead atoms. The van der Waals surface area contributed by atoms with Crippen LogP contribution in [0.4, 0.5) is 5.69 Å². The fraction of sp³-hybridized carbons (Fsp3) is 0.556. The third-order valence-corrected chi connectivity index (χ3v) is 3.70. The number of anilines is 1. The molecule has 1 atom stereocenters. The van der Waals surface area contributed by atoms with Crippen molar-refractivity contribution in [2.24, 2.45) is 0 Å². The third kappa shape index (κ3) is 4.86. The molecule has 1 aromatic carbocycles. The lowest BCUT2D eigenvalue weighted by Crippen LogP contribution is -2.43. The molecular formula is C18H28N2O2. The second kappa shape index (κ2) is 7.43. The maximum absolute atomic E-state index is 12.2. The van der Waals surface area contributed by atoms with Crippen molar-refractivity contribution in [2.75, 3.05) is 11.4 Å².